The normalized spacial score (nSPS) is 11.5. The molecule has 21 heavy (non-hydrogen) atoms. The van der Waals surface area contributed by atoms with Gasteiger partial charge in [-0.25, -0.2) is 8.42 Å². The summed E-state index contributed by atoms with van der Waals surface area (Å²) >= 11 is 0. The molecule has 0 atom stereocenters. The molecule has 0 spiro atoms. The standard InChI is InChI=1S/C14H20ClNO4S/c1-5-20-7-6-16(4)14(17)13-9-12(21(15,18)19)8-10(2)11(13)3/h8-9H,5-7H2,1-4H3. The summed E-state index contributed by atoms with van der Waals surface area (Å²) in [6.45, 7) is 6.86. The van der Waals surface area contributed by atoms with Crippen molar-refractivity contribution in [2.45, 2.75) is 25.7 Å². The number of halogens is 1. The van der Waals surface area contributed by atoms with Crippen LogP contribution >= 0.6 is 10.7 Å². The molecule has 1 aromatic carbocycles. The smallest absolute Gasteiger partial charge is 0.261 e. The first-order valence-corrected chi connectivity index (χ1v) is 8.88. The number of nitrogens with zero attached hydrogens (tertiary/aromatic N) is 1. The molecule has 0 aliphatic carbocycles. The van der Waals surface area contributed by atoms with Crippen LogP contribution in [-0.4, -0.2) is 46.0 Å². The minimum absolute atomic E-state index is 0.0613. The zero-order valence-corrected chi connectivity index (χ0v) is 14.2. The Kier molecular flexibility index (Phi) is 6.19. The van der Waals surface area contributed by atoms with Crippen LogP contribution in [0.5, 0.6) is 0 Å². The van der Waals surface area contributed by atoms with Crippen molar-refractivity contribution in [1.82, 2.24) is 4.90 Å². The topological polar surface area (TPSA) is 63.7 Å². The van der Waals surface area contributed by atoms with Crippen LogP contribution in [0, 0.1) is 13.8 Å². The van der Waals surface area contributed by atoms with Crippen molar-refractivity contribution >= 4 is 25.6 Å². The molecule has 0 heterocycles. The average molecular weight is 334 g/mol. The summed E-state index contributed by atoms with van der Waals surface area (Å²) in [6, 6.07) is 2.79. The Balaban J connectivity index is 3.11. The fourth-order valence-corrected chi connectivity index (χ4v) is 2.69. The summed E-state index contributed by atoms with van der Waals surface area (Å²) in [5.41, 5.74) is 1.79. The van der Waals surface area contributed by atoms with Crippen molar-refractivity contribution in [3.63, 3.8) is 0 Å². The second-order valence-electron chi connectivity index (χ2n) is 4.77. The van der Waals surface area contributed by atoms with Crippen LogP contribution in [0.15, 0.2) is 17.0 Å². The summed E-state index contributed by atoms with van der Waals surface area (Å²) < 4.78 is 28.2. The van der Waals surface area contributed by atoms with E-state index in [1.165, 1.54) is 17.0 Å². The molecule has 1 aromatic rings. The van der Waals surface area contributed by atoms with Crippen molar-refractivity contribution in [2.24, 2.45) is 0 Å². The Morgan fingerprint density at radius 3 is 2.48 bits per heavy atom. The number of rotatable bonds is 6. The predicted octanol–water partition coefficient (Wildman–Crippen LogP) is 2.34. The second-order valence-corrected chi connectivity index (χ2v) is 7.34. The fourth-order valence-electron chi connectivity index (χ4n) is 1.84. The van der Waals surface area contributed by atoms with Gasteiger partial charge in [-0.2, -0.15) is 0 Å². The number of carbonyl (C=O) groups excluding carboxylic acids is 1. The number of carbonyl (C=O) groups is 1. The molecule has 0 saturated heterocycles. The minimum Gasteiger partial charge on any atom is -0.380 e. The van der Waals surface area contributed by atoms with Gasteiger partial charge in [0.25, 0.3) is 15.0 Å². The van der Waals surface area contributed by atoms with Crippen LogP contribution in [0.4, 0.5) is 0 Å². The molecule has 118 valence electrons. The molecule has 1 rings (SSSR count). The van der Waals surface area contributed by atoms with E-state index in [1.54, 1.807) is 20.9 Å². The van der Waals surface area contributed by atoms with Crippen LogP contribution < -0.4 is 0 Å². The van der Waals surface area contributed by atoms with Gasteiger partial charge < -0.3 is 9.64 Å². The summed E-state index contributed by atoms with van der Waals surface area (Å²) in [5.74, 6) is -0.252. The van der Waals surface area contributed by atoms with E-state index < -0.39 is 9.05 Å². The zero-order chi connectivity index (χ0) is 16.2. The number of ether oxygens (including phenoxy) is 1. The molecule has 0 aliphatic heterocycles. The molecular weight excluding hydrogens is 314 g/mol. The Bertz CT molecular complexity index is 628. The van der Waals surface area contributed by atoms with Crippen LogP contribution in [0.1, 0.15) is 28.4 Å². The number of benzene rings is 1. The maximum atomic E-state index is 12.4. The number of likely N-dealkylation sites (N-methyl/N-ethyl adjacent to an activating group) is 1. The monoisotopic (exact) mass is 333 g/mol. The molecule has 0 N–H and O–H groups in total. The van der Waals surface area contributed by atoms with Crippen molar-refractivity contribution in [1.29, 1.82) is 0 Å². The summed E-state index contributed by atoms with van der Waals surface area (Å²) in [5, 5.41) is 0. The Hall–Kier alpha value is -1.11. The zero-order valence-electron chi connectivity index (χ0n) is 12.6. The van der Waals surface area contributed by atoms with E-state index in [1.807, 2.05) is 6.92 Å². The maximum Gasteiger partial charge on any atom is 0.261 e. The van der Waals surface area contributed by atoms with Gasteiger partial charge in [0.2, 0.25) is 0 Å². The third-order valence-electron chi connectivity index (χ3n) is 3.27. The van der Waals surface area contributed by atoms with Gasteiger partial charge in [-0.1, -0.05) is 0 Å². The highest BCUT2D eigenvalue weighted by Gasteiger charge is 2.20. The molecule has 0 saturated carbocycles. The van der Waals surface area contributed by atoms with E-state index in [-0.39, 0.29) is 10.8 Å². The number of amides is 1. The van der Waals surface area contributed by atoms with E-state index >= 15 is 0 Å². The fraction of sp³-hybridized carbons (Fsp3) is 0.500. The van der Waals surface area contributed by atoms with Gasteiger partial charge in [0.05, 0.1) is 11.5 Å². The molecular formula is C14H20ClNO4S. The Morgan fingerprint density at radius 2 is 1.95 bits per heavy atom. The summed E-state index contributed by atoms with van der Waals surface area (Å²) in [4.78, 5) is 13.9. The molecule has 0 fully saturated rings. The van der Waals surface area contributed by atoms with Crippen molar-refractivity contribution in [3.8, 4) is 0 Å². The molecule has 0 unspecified atom stereocenters. The highest BCUT2D eigenvalue weighted by Crippen LogP contribution is 2.23. The molecule has 1 amide bonds. The van der Waals surface area contributed by atoms with Gasteiger partial charge in [0.15, 0.2) is 0 Å². The van der Waals surface area contributed by atoms with E-state index in [9.17, 15) is 13.2 Å². The van der Waals surface area contributed by atoms with Crippen molar-refractivity contribution in [2.75, 3.05) is 26.8 Å². The molecule has 5 nitrogen and oxygen atoms in total. The van der Waals surface area contributed by atoms with Crippen LogP contribution in [0.25, 0.3) is 0 Å². The Labute approximate surface area is 130 Å². The van der Waals surface area contributed by atoms with Gasteiger partial charge in [0, 0.05) is 36.4 Å². The lowest BCUT2D eigenvalue weighted by molar-refractivity contribution is 0.0709. The number of hydrogen-bond donors (Lipinski definition) is 0. The van der Waals surface area contributed by atoms with Gasteiger partial charge >= 0.3 is 0 Å². The number of hydrogen-bond acceptors (Lipinski definition) is 4. The lowest BCUT2D eigenvalue weighted by Gasteiger charge is -2.19. The van der Waals surface area contributed by atoms with Crippen LogP contribution in [0.3, 0.4) is 0 Å². The van der Waals surface area contributed by atoms with E-state index in [2.05, 4.69) is 0 Å². The lowest BCUT2D eigenvalue weighted by atomic mass is 10.0. The molecule has 7 heteroatoms. The highest BCUT2D eigenvalue weighted by atomic mass is 35.7. The quantitative estimate of drug-likeness (QED) is 0.592. The number of aryl methyl sites for hydroxylation is 1. The first-order chi connectivity index (χ1) is 9.68. The third-order valence-corrected chi connectivity index (χ3v) is 4.61. The van der Waals surface area contributed by atoms with Gasteiger partial charge in [-0.15, -0.1) is 0 Å². The van der Waals surface area contributed by atoms with Crippen LogP contribution in [0.2, 0.25) is 0 Å². The van der Waals surface area contributed by atoms with Gasteiger partial charge in [-0.05, 0) is 44.0 Å². The third kappa shape index (κ3) is 4.69. The van der Waals surface area contributed by atoms with Gasteiger partial charge in [0.1, 0.15) is 0 Å². The minimum atomic E-state index is -3.87. The molecule has 0 radical (unpaired) electrons. The van der Waals surface area contributed by atoms with E-state index in [0.717, 1.165) is 5.56 Å². The van der Waals surface area contributed by atoms with Crippen molar-refractivity contribution < 1.29 is 17.9 Å². The van der Waals surface area contributed by atoms with E-state index in [0.29, 0.717) is 30.9 Å². The van der Waals surface area contributed by atoms with Gasteiger partial charge in [-0.3, -0.25) is 4.79 Å². The highest BCUT2D eigenvalue weighted by molar-refractivity contribution is 8.13. The molecule has 0 aliphatic rings. The summed E-state index contributed by atoms with van der Waals surface area (Å²) in [7, 11) is 3.15. The first-order valence-electron chi connectivity index (χ1n) is 6.57. The first kappa shape index (κ1) is 17.9. The average Bonchev–Trinajstić information content (AvgIpc) is 2.39. The molecule has 0 bridgehead atoms. The predicted molar refractivity (Wildman–Crippen MR) is 82.4 cm³/mol. The largest absolute Gasteiger partial charge is 0.380 e. The maximum absolute atomic E-state index is 12.4. The van der Waals surface area contributed by atoms with Crippen molar-refractivity contribution in [3.05, 3.63) is 28.8 Å². The lowest BCUT2D eigenvalue weighted by Crippen LogP contribution is -2.31. The summed E-state index contributed by atoms with van der Waals surface area (Å²) in [6.07, 6.45) is 0. The Morgan fingerprint density at radius 1 is 1.33 bits per heavy atom. The van der Waals surface area contributed by atoms with E-state index in [4.69, 9.17) is 15.4 Å². The molecule has 0 aromatic heterocycles. The SMILES string of the molecule is CCOCCN(C)C(=O)c1cc(S(=O)(=O)Cl)cc(C)c1C. The second kappa shape index (κ2) is 7.24. The van der Waals surface area contributed by atoms with Crippen LogP contribution in [-0.2, 0) is 13.8 Å².